The Bertz CT molecular complexity index is 5450. The summed E-state index contributed by atoms with van der Waals surface area (Å²) in [5, 5.41) is 10.4. The van der Waals surface area contributed by atoms with Gasteiger partial charge in [-0.1, -0.05) is 257 Å². The van der Waals surface area contributed by atoms with Gasteiger partial charge in [-0.3, -0.25) is 9.59 Å². The van der Waals surface area contributed by atoms with Gasteiger partial charge in [-0.15, -0.1) is 0 Å². The van der Waals surface area contributed by atoms with Crippen LogP contribution < -0.4 is 23.7 Å². The van der Waals surface area contributed by atoms with Crippen LogP contribution in [0.3, 0.4) is 0 Å². The molecular formula is C107H112CeCl3F12O8Si. The summed E-state index contributed by atoms with van der Waals surface area (Å²) in [6.07, 6.45) is -11.5. The fourth-order valence-electron chi connectivity index (χ4n) is 21.0. The third-order valence-corrected chi connectivity index (χ3v) is 29.8. The number of aryl methyl sites for hydroxylation is 10. The summed E-state index contributed by atoms with van der Waals surface area (Å²) in [6.45, 7) is 24.0. The number of aliphatic hydroxyl groups is 1. The number of rotatable bonds is 5. The van der Waals surface area contributed by atoms with Gasteiger partial charge in [0.25, 0.3) is 0 Å². The van der Waals surface area contributed by atoms with E-state index >= 15 is 0 Å². The molecule has 18 atom stereocenters. The number of carbonyl (C=O) groups excluding carboxylic acids is 2. The fraction of sp³-hybridized carbons (Fsp3) is 0.421. The van der Waals surface area contributed by atoms with Gasteiger partial charge in [-0.05, 0) is 211 Å². The van der Waals surface area contributed by atoms with Gasteiger partial charge in [0.05, 0.1) is 11.8 Å². The second-order valence-electron chi connectivity index (χ2n) is 39.0. The molecule has 701 valence electrons. The molecule has 8 nitrogen and oxygen atoms in total. The van der Waals surface area contributed by atoms with Crippen LogP contribution in [0, 0.1) is 141 Å². The van der Waals surface area contributed by atoms with Crippen LogP contribution in [0.15, 0.2) is 212 Å². The molecule has 5 saturated carbocycles. The average molecular weight is 2030 g/mol. The third-order valence-electron chi connectivity index (χ3n) is 28.1. The second kappa shape index (κ2) is 40.4. The number of fused-ring (bicyclic) bond motifs is 15. The summed E-state index contributed by atoms with van der Waals surface area (Å²) >= 11 is -2.24. The fourth-order valence-corrected chi connectivity index (χ4v) is 21.0. The standard InChI is InChI=1S/C21H21F3O2.2C21H21F3O.2C20H20O2.C4H9F3Si.Ce.3ClH/c1-12-3-6-14(7-4-12)19-17-11-20(25,21(22,23)24)10-16(17)15-9-13(2)5-8-18(15)26-19;2*1-12-3-6-14(7-4-12)20-18-11-15(21(22,23)24)10-16(18)17-9-13(2)5-8-19(17)25-20;2*1-12-3-6-14(7-4-12)20-18-11-15(21)10-16(18)17-9-13(2)5-8-19(17)22-20;1-8(2,3)4(5,6)7;;;;/h3-9,16-17,19,25H,10-11H2,1-2H3;2*3-9,15-16,18,20H,10-11H2,1-2H3;2*3-9,16,18,20H,10-11H2,1-2H3;1-3H3;;3*1H/q;;;;;;+3;;;/p-3/t16-,17-,19-,20-;15-,16+,18+,20+;15-,16-,18-,20-;2*16-,18-,20-;;;;;/m10111...../s1. The molecule has 0 radical (unpaired) electrons. The number of ketones is 2. The third kappa shape index (κ3) is 23.0. The van der Waals surface area contributed by atoms with Gasteiger partial charge in [0.2, 0.25) is 0 Å². The van der Waals surface area contributed by atoms with E-state index in [1.807, 2.05) is 169 Å². The molecule has 0 aromatic heterocycles. The van der Waals surface area contributed by atoms with Crippen LogP contribution in [-0.4, -0.2) is 54.7 Å². The minimum absolute atomic E-state index is 0.00717. The molecule has 20 rings (SSSR count). The van der Waals surface area contributed by atoms with Gasteiger partial charge >= 0.3 is 71.9 Å². The minimum atomic E-state index is -4.65. The molecule has 0 saturated heterocycles. The van der Waals surface area contributed by atoms with Crippen LogP contribution in [0.1, 0.15) is 236 Å². The van der Waals surface area contributed by atoms with Crippen molar-refractivity contribution in [2.45, 2.75) is 243 Å². The van der Waals surface area contributed by atoms with E-state index in [1.165, 1.54) is 64.1 Å². The first-order chi connectivity index (χ1) is 62.0. The molecule has 25 heteroatoms. The van der Waals surface area contributed by atoms with E-state index in [9.17, 15) is 67.4 Å². The van der Waals surface area contributed by atoms with Crippen molar-refractivity contribution in [1.29, 1.82) is 0 Å². The van der Waals surface area contributed by atoms with Crippen LogP contribution in [-0.2, 0) is 9.59 Å². The molecule has 5 aliphatic carbocycles. The molecule has 10 aliphatic rings. The van der Waals surface area contributed by atoms with Gasteiger partial charge in [-0.25, -0.2) is 0 Å². The van der Waals surface area contributed by atoms with Crippen LogP contribution in [0.2, 0.25) is 19.6 Å². The number of Topliss-reactive ketones (excluding diaryl/α,β-unsaturated/α-hetero) is 2. The van der Waals surface area contributed by atoms with Crippen LogP contribution in [0.25, 0.3) is 0 Å². The quantitative estimate of drug-likeness (QED) is 0.134. The maximum atomic E-state index is 13.5. The number of ether oxygens (including phenoxy) is 5. The first-order valence-corrected chi connectivity index (χ1v) is 60.4. The summed E-state index contributed by atoms with van der Waals surface area (Å²) in [5.41, 5.74) is 34.0. The van der Waals surface area contributed by atoms with Crippen molar-refractivity contribution in [1.82, 2.24) is 0 Å². The van der Waals surface area contributed by atoms with Crippen molar-refractivity contribution in [2.24, 2.45) is 41.4 Å². The Morgan fingerprint density at radius 3 is 0.765 bits per heavy atom. The van der Waals surface area contributed by atoms with Crippen molar-refractivity contribution in [3.8, 4) is 28.7 Å². The zero-order valence-corrected chi connectivity index (χ0v) is 82.5. The Hall–Kier alpha value is -7.88. The second-order valence-corrected chi connectivity index (χ2v) is 57.9. The molecule has 0 spiro atoms. The zero-order valence-electron chi connectivity index (χ0n) is 76.1. The Kier molecular flexibility index (Phi) is 30.6. The Morgan fingerprint density at radius 2 is 0.530 bits per heavy atom. The van der Waals surface area contributed by atoms with Crippen LogP contribution >= 0.6 is 16.9 Å². The molecule has 10 aromatic rings. The predicted molar refractivity (Wildman–Crippen MR) is 493 cm³/mol. The normalized spacial score (nSPS) is 26.5. The van der Waals surface area contributed by atoms with E-state index in [2.05, 4.69) is 113 Å². The molecule has 0 unspecified atom stereocenters. The number of halogens is 15. The summed E-state index contributed by atoms with van der Waals surface area (Å²) in [7, 11) is -2.86. The monoisotopic (exact) mass is 2030 g/mol. The van der Waals surface area contributed by atoms with Crippen molar-refractivity contribution in [3.63, 3.8) is 0 Å². The Morgan fingerprint density at radius 1 is 0.311 bits per heavy atom. The number of hydrogen-bond acceptors (Lipinski definition) is 8. The summed E-state index contributed by atoms with van der Waals surface area (Å²) in [6, 6.07) is 70.6. The average Bonchev–Trinajstić information content (AvgIpc) is 1.58. The van der Waals surface area contributed by atoms with Gasteiger partial charge in [-0.2, -0.15) is 52.7 Å². The molecule has 10 aromatic carbocycles. The Balaban J connectivity index is 0.000000129. The van der Waals surface area contributed by atoms with E-state index in [1.54, 1.807) is 0 Å². The Labute approximate surface area is 788 Å². The zero-order chi connectivity index (χ0) is 95.3. The molecule has 1 N–H and O–H groups in total. The number of carbonyl (C=O) groups is 2. The summed E-state index contributed by atoms with van der Waals surface area (Å²) in [5.74, 6) is -1.79. The van der Waals surface area contributed by atoms with Crippen LogP contribution in [0.4, 0.5) is 52.7 Å². The molecule has 0 bridgehead atoms. The molecule has 5 aliphatic heterocycles. The van der Waals surface area contributed by atoms with Crippen molar-refractivity contribution >= 4 is 36.5 Å². The van der Waals surface area contributed by atoms with E-state index in [-0.39, 0.29) is 104 Å². The first-order valence-electron chi connectivity index (χ1n) is 45.1. The van der Waals surface area contributed by atoms with Gasteiger partial charge in [0, 0.05) is 67.1 Å². The molecule has 0 amide bonds. The molecule has 5 fully saturated rings. The molecular weight excluding hydrogens is 1920 g/mol. The maximum absolute atomic E-state index is 13.5. The van der Waals surface area contributed by atoms with Gasteiger partial charge in [0.15, 0.2) is 13.7 Å². The summed E-state index contributed by atoms with van der Waals surface area (Å²) < 4.78 is 187. The van der Waals surface area contributed by atoms with Crippen molar-refractivity contribution in [2.75, 3.05) is 0 Å². The van der Waals surface area contributed by atoms with E-state index in [4.69, 9.17) is 40.6 Å². The van der Waals surface area contributed by atoms with E-state index in [0.29, 0.717) is 54.8 Å². The molecule has 132 heavy (non-hydrogen) atoms. The molecule has 5 heterocycles. The van der Waals surface area contributed by atoms with Crippen molar-refractivity contribution in [3.05, 3.63) is 324 Å². The SMILES string of the molecule is C[Si](C)(C)C(F)(F)F.Cc1ccc([C@H]2Oc3ccc(C)cc3[C@H]3CC(=O)C[C@H]32)cc1.Cc1ccc([C@H]2Oc3ccc(C)cc3[C@H]3CC(=O)C[C@H]32)cc1.Cc1ccc([C@H]2Oc3ccc(C)cc3[C@H]3C[C@@H](C(F)(F)F)C[C@H]32)cc1.Cc1ccc([C@H]2Oc3ccc(C)cc3[C@H]3C[C@H](C(F)(F)F)C[C@H]32)cc1.Cc1ccc([C@H]2Oc3ccc(C)cc3[C@H]3C[C@](O)(C(F)(F)F)C[C@H]32)cc1.[Cl][Ce]([Cl])[Cl]. The first kappa shape index (κ1) is 100. The topological polar surface area (TPSA) is 101 Å². The predicted octanol–water partition coefficient (Wildman–Crippen LogP) is 30.9. The van der Waals surface area contributed by atoms with Gasteiger partial charge < -0.3 is 28.8 Å². The van der Waals surface area contributed by atoms with E-state index in [0.717, 1.165) is 89.8 Å². The number of benzene rings is 10. The van der Waals surface area contributed by atoms with Gasteiger partial charge in [0.1, 0.15) is 70.8 Å². The van der Waals surface area contributed by atoms with Crippen molar-refractivity contribution < 1.29 is 122 Å². The summed E-state index contributed by atoms with van der Waals surface area (Å²) in [4.78, 5) is 24.2. The van der Waals surface area contributed by atoms with Crippen LogP contribution in [0.5, 0.6) is 28.7 Å². The van der Waals surface area contributed by atoms with E-state index < -0.39 is 92.5 Å². The number of alkyl halides is 12. The number of hydrogen-bond donors (Lipinski definition) is 1.